The van der Waals surface area contributed by atoms with Gasteiger partial charge in [0.2, 0.25) is 0 Å². The third-order valence-electron chi connectivity index (χ3n) is 3.39. The van der Waals surface area contributed by atoms with Crippen LogP contribution >= 0.6 is 12.2 Å². The molecular formula is C15H18N2O3S. The SMILES string of the molecule is CCCN1C(=S)N(c2ccccc2)C(=O)C1CC(=O)OC. The molecule has 1 atom stereocenters. The predicted octanol–water partition coefficient (Wildman–Crippen LogP) is 1.96. The second-order valence-corrected chi connectivity index (χ2v) is 5.15. The normalized spacial score (nSPS) is 18.3. The Kier molecular flexibility index (Phi) is 4.90. The van der Waals surface area contributed by atoms with Crippen molar-refractivity contribution in [3.63, 3.8) is 0 Å². The van der Waals surface area contributed by atoms with Gasteiger partial charge in [-0.25, -0.2) is 0 Å². The number of esters is 1. The molecule has 112 valence electrons. The molecule has 1 saturated heterocycles. The molecule has 1 aromatic carbocycles. The summed E-state index contributed by atoms with van der Waals surface area (Å²) >= 11 is 5.43. The number of anilines is 1. The van der Waals surface area contributed by atoms with Crippen molar-refractivity contribution in [3.8, 4) is 0 Å². The fraction of sp³-hybridized carbons (Fsp3) is 0.400. The fourth-order valence-corrected chi connectivity index (χ4v) is 2.80. The van der Waals surface area contributed by atoms with Crippen LogP contribution in [0.25, 0.3) is 0 Å². The highest BCUT2D eigenvalue weighted by molar-refractivity contribution is 7.80. The number of hydrogen-bond acceptors (Lipinski definition) is 4. The maximum absolute atomic E-state index is 12.6. The molecule has 1 aliphatic heterocycles. The van der Waals surface area contributed by atoms with E-state index >= 15 is 0 Å². The molecule has 0 aliphatic carbocycles. The molecule has 1 fully saturated rings. The van der Waals surface area contributed by atoms with Crippen molar-refractivity contribution >= 4 is 34.9 Å². The second kappa shape index (κ2) is 6.67. The molecule has 1 aliphatic rings. The lowest BCUT2D eigenvalue weighted by atomic mass is 10.1. The number of ether oxygens (including phenoxy) is 1. The van der Waals surface area contributed by atoms with Gasteiger partial charge in [0, 0.05) is 6.54 Å². The fourth-order valence-electron chi connectivity index (χ4n) is 2.38. The summed E-state index contributed by atoms with van der Waals surface area (Å²) in [5.74, 6) is -0.586. The number of benzene rings is 1. The average Bonchev–Trinajstić information content (AvgIpc) is 2.72. The van der Waals surface area contributed by atoms with E-state index in [2.05, 4.69) is 4.74 Å². The zero-order valence-corrected chi connectivity index (χ0v) is 12.9. The molecule has 1 unspecified atom stereocenters. The second-order valence-electron chi connectivity index (χ2n) is 4.78. The first-order valence-electron chi connectivity index (χ1n) is 6.86. The van der Waals surface area contributed by atoms with Crippen LogP contribution in [0.3, 0.4) is 0 Å². The van der Waals surface area contributed by atoms with Gasteiger partial charge in [0.15, 0.2) is 5.11 Å². The molecule has 0 bridgehead atoms. The summed E-state index contributed by atoms with van der Waals surface area (Å²) in [4.78, 5) is 27.5. The summed E-state index contributed by atoms with van der Waals surface area (Å²) in [6.07, 6.45) is 0.854. The molecule has 1 heterocycles. The summed E-state index contributed by atoms with van der Waals surface area (Å²) in [7, 11) is 1.32. The maximum Gasteiger partial charge on any atom is 0.308 e. The van der Waals surface area contributed by atoms with Crippen molar-refractivity contribution in [2.75, 3.05) is 18.6 Å². The Labute approximate surface area is 129 Å². The zero-order chi connectivity index (χ0) is 15.4. The molecule has 2 rings (SSSR count). The van der Waals surface area contributed by atoms with Gasteiger partial charge in [0.05, 0.1) is 19.2 Å². The number of hydrogen-bond donors (Lipinski definition) is 0. The van der Waals surface area contributed by atoms with Crippen molar-refractivity contribution in [2.24, 2.45) is 0 Å². The van der Waals surface area contributed by atoms with Crippen LogP contribution < -0.4 is 4.90 Å². The van der Waals surface area contributed by atoms with Crippen LogP contribution in [0.5, 0.6) is 0 Å². The summed E-state index contributed by atoms with van der Waals surface area (Å²) in [5, 5.41) is 0.446. The Morgan fingerprint density at radius 3 is 2.57 bits per heavy atom. The number of methoxy groups -OCH3 is 1. The Morgan fingerprint density at radius 1 is 1.33 bits per heavy atom. The van der Waals surface area contributed by atoms with Crippen LogP contribution in [-0.2, 0) is 14.3 Å². The minimum atomic E-state index is -0.579. The van der Waals surface area contributed by atoms with Crippen LogP contribution in [-0.4, -0.2) is 41.6 Å². The number of amides is 1. The molecule has 0 aromatic heterocycles. The third kappa shape index (κ3) is 3.05. The monoisotopic (exact) mass is 306 g/mol. The number of nitrogens with zero attached hydrogens (tertiary/aromatic N) is 2. The molecule has 0 spiro atoms. The van der Waals surface area contributed by atoms with Crippen LogP contribution in [0.2, 0.25) is 0 Å². The van der Waals surface area contributed by atoms with E-state index in [1.165, 1.54) is 12.0 Å². The van der Waals surface area contributed by atoms with E-state index in [0.29, 0.717) is 11.7 Å². The first-order valence-corrected chi connectivity index (χ1v) is 7.27. The van der Waals surface area contributed by atoms with Crippen LogP contribution in [0.4, 0.5) is 5.69 Å². The standard InChI is InChI=1S/C15H18N2O3S/c1-3-9-16-12(10-13(18)20-2)14(19)17(15(16)21)11-7-5-4-6-8-11/h4-8,12H,3,9-10H2,1-2H3. The minimum absolute atomic E-state index is 0.0127. The zero-order valence-electron chi connectivity index (χ0n) is 12.1. The van der Waals surface area contributed by atoms with Gasteiger partial charge in [-0.3, -0.25) is 14.5 Å². The van der Waals surface area contributed by atoms with Gasteiger partial charge in [-0.15, -0.1) is 0 Å². The Morgan fingerprint density at radius 2 is 2.00 bits per heavy atom. The molecule has 5 nitrogen and oxygen atoms in total. The molecule has 0 N–H and O–H groups in total. The number of thiocarbonyl (C=S) groups is 1. The third-order valence-corrected chi connectivity index (χ3v) is 3.80. The maximum atomic E-state index is 12.6. The van der Waals surface area contributed by atoms with Crippen molar-refractivity contribution < 1.29 is 14.3 Å². The molecule has 0 radical (unpaired) electrons. The van der Waals surface area contributed by atoms with Crippen molar-refractivity contribution in [2.45, 2.75) is 25.8 Å². The van der Waals surface area contributed by atoms with E-state index in [9.17, 15) is 9.59 Å². The smallest absolute Gasteiger partial charge is 0.308 e. The lowest BCUT2D eigenvalue weighted by molar-refractivity contribution is -0.143. The number of carbonyl (C=O) groups excluding carboxylic acids is 2. The van der Waals surface area contributed by atoms with E-state index in [-0.39, 0.29) is 12.3 Å². The highest BCUT2D eigenvalue weighted by atomic mass is 32.1. The van der Waals surface area contributed by atoms with Gasteiger partial charge < -0.3 is 9.64 Å². The highest BCUT2D eigenvalue weighted by Crippen LogP contribution is 2.27. The van der Waals surface area contributed by atoms with Crippen molar-refractivity contribution in [1.82, 2.24) is 4.90 Å². The van der Waals surface area contributed by atoms with Gasteiger partial charge in [-0.05, 0) is 30.8 Å². The van der Waals surface area contributed by atoms with Crippen molar-refractivity contribution in [1.29, 1.82) is 0 Å². The van der Waals surface area contributed by atoms with E-state index in [1.807, 2.05) is 42.2 Å². The average molecular weight is 306 g/mol. The van der Waals surface area contributed by atoms with E-state index < -0.39 is 12.0 Å². The Bertz CT molecular complexity index is 547. The molecular weight excluding hydrogens is 288 g/mol. The van der Waals surface area contributed by atoms with Crippen molar-refractivity contribution in [3.05, 3.63) is 30.3 Å². The molecule has 0 saturated carbocycles. The first-order chi connectivity index (χ1) is 10.1. The largest absolute Gasteiger partial charge is 0.469 e. The Balaban J connectivity index is 2.31. The minimum Gasteiger partial charge on any atom is -0.469 e. The van der Waals surface area contributed by atoms with Gasteiger partial charge in [0.25, 0.3) is 5.91 Å². The van der Waals surface area contributed by atoms with Gasteiger partial charge in [-0.1, -0.05) is 25.1 Å². The summed E-state index contributed by atoms with van der Waals surface area (Å²) in [6.45, 7) is 2.64. The lowest BCUT2D eigenvalue weighted by Gasteiger charge is -2.22. The lowest BCUT2D eigenvalue weighted by Crippen LogP contribution is -2.37. The van der Waals surface area contributed by atoms with E-state index in [1.54, 1.807) is 0 Å². The van der Waals surface area contributed by atoms with E-state index in [0.717, 1.165) is 12.1 Å². The van der Waals surface area contributed by atoms with Crippen LogP contribution in [0.15, 0.2) is 30.3 Å². The molecule has 1 aromatic rings. The summed E-state index contributed by atoms with van der Waals surface area (Å²) in [5.41, 5.74) is 0.723. The van der Waals surface area contributed by atoms with Gasteiger partial charge in [0.1, 0.15) is 6.04 Å². The summed E-state index contributed by atoms with van der Waals surface area (Å²) < 4.78 is 4.68. The topological polar surface area (TPSA) is 49.9 Å². The van der Waals surface area contributed by atoms with Crippen LogP contribution in [0.1, 0.15) is 19.8 Å². The predicted molar refractivity (Wildman–Crippen MR) is 83.9 cm³/mol. The number of carbonyl (C=O) groups is 2. The highest BCUT2D eigenvalue weighted by Gasteiger charge is 2.43. The molecule has 1 amide bonds. The number of rotatable bonds is 5. The summed E-state index contributed by atoms with van der Waals surface area (Å²) in [6, 6.07) is 8.66. The van der Waals surface area contributed by atoms with Gasteiger partial charge in [-0.2, -0.15) is 0 Å². The van der Waals surface area contributed by atoms with Crippen LogP contribution in [0, 0.1) is 0 Å². The molecule has 21 heavy (non-hydrogen) atoms. The quantitative estimate of drug-likeness (QED) is 0.615. The van der Waals surface area contributed by atoms with E-state index in [4.69, 9.17) is 12.2 Å². The molecule has 6 heteroatoms. The van der Waals surface area contributed by atoms with Gasteiger partial charge >= 0.3 is 5.97 Å². The first kappa shape index (κ1) is 15.4. The number of para-hydroxylation sites is 1. The Hall–Kier alpha value is -1.95.